The van der Waals surface area contributed by atoms with Gasteiger partial charge in [-0.1, -0.05) is 20.8 Å². The first-order chi connectivity index (χ1) is 8.19. The van der Waals surface area contributed by atoms with Gasteiger partial charge in [-0.05, 0) is 18.1 Å². The summed E-state index contributed by atoms with van der Waals surface area (Å²) in [6.07, 6.45) is 2.19. The summed E-state index contributed by atoms with van der Waals surface area (Å²) in [6, 6.07) is -0.505. The molecule has 5 nitrogen and oxygen atoms in total. The molecule has 0 unspecified atom stereocenters. The quantitative estimate of drug-likeness (QED) is 0.629. The van der Waals surface area contributed by atoms with E-state index in [4.69, 9.17) is 9.16 Å². The zero-order valence-corrected chi connectivity index (χ0v) is 13.1. The molecule has 2 atom stereocenters. The van der Waals surface area contributed by atoms with E-state index in [9.17, 15) is 4.79 Å². The molecule has 0 bridgehead atoms. The smallest absolute Gasteiger partial charge is 0.332 e. The second kappa shape index (κ2) is 5.40. The van der Waals surface area contributed by atoms with Gasteiger partial charge < -0.3 is 9.16 Å². The number of hydrogen-bond donors (Lipinski definition) is 1. The van der Waals surface area contributed by atoms with Gasteiger partial charge in [-0.25, -0.2) is 4.79 Å². The minimum atomic E-state index is -1.90. The summed E-state index contributed by atoms with van der Waals surface area (Å²) in [5.41, 5.74) is 2.79. The number of hydrogen-bond acceptors (Lipinski definition) is 5. The molecule has 104 valence electrons. The SMILES string of the molecule is COC(=O)[C@H]1NN=CC[C@@H]1O[Si](C)(C)C(C)(C)C. The predicted octanol–water partition coefficient (Wildman–Crippen LogP) is 1.90. The molecule has 0 spiro atoms. The van der Waals surface area contributed by atoms with E-state index in [0.29, 0.717) is 6.42 Å². The monoisotopic (exact) mass is 272 g/mol. The van der Waals surface area contributed by atoms with Crippen molar-refractivity contribution < 1.29 is 14.0 Å². The number of rotatable bonds is 3. The summed E-state index contributed by atoms with van der Waals surface area (Å²) in [6.45, 7) is 10.9. The third kappa shape index (κ3) is 3.32. The maximum Gasteiger partial charge on any atom is 0.332 e. The molecule has 0 radical (unpaired) electrons. The molecule has 1 N–H and O–H groups in total. The molecular weight excluding hydrogens is 248 g/mol. The molecule has 1 rings (SSSR count). The standard InChI is InChI=1S/C12H24N2O3Si/c1-12(2,3)18(5,6)17-9-7-8-13-14-10(9)11(15)16-4/h8-10,14H,7H2,1-6H3/t9-,10-/m0/s1. The summed E-state index contributed by atoms with van der Waals surface area (Å²) < 4.78 is 11.0. The van der Waals surface area contributed by atoms with Gasteiger partial charge in [-0.2, -0.15) is 5.10 Å². The number of methoxy groups -OCH3 is 1. The third-order valence-corrected chi connectivity index (χ3v) is 8.23. The Kier molecular flexibility index (Phi) is 4.55. The van der Waals surface area contributed by atoms with Gasteiger partial charge in [0.1, 0.15) is 0 Å². The fraction of sp³-hybridized carbons (Fsp3) is 0.833. The Hall–Kier alpha value is -0.883. The van der Waals surface area contributed by atoms with Crippen molar-refractivity contribution in [2.24, 2.45) is 5.10 Å². The van der Waals surface area contributed by atoms with Crippen molar-refractivity contribution in [3.63, 3.8) is 0 Å². The maximum atomic E-state index is 11.7. The van der Waals surface area contributed by atoms with Crippen molar-refractivity contribution in [3.05, 3.63) is 0 Å². The molecule has 0 aromatic rings. The lowest BCUT2D eigenvalue weighted by molar-refractivity contribution is -0.146. The molecule has 0 aromatic heterocycles. The number of esters is 1. The van der Waals surface area contributed by atoms with Gasteiger partial charge in [0.05, 0.1) is 13.2 Å². The van der Waals surface area contributed by atoms with Crippen molar-refractivity contribution >= 4 is 20.5 Å². The highest BCUT2D eigenvalue weighted by atomic mass is 28.4. The molecule has 0 amide bonds. The average molecular weight is 272 g/mol. The van der Waals surface area contributed by atoms with E-state index in [2.05, 4.69) is 44.4 Å². The van der Waals surface area contributed by atoms with Gasteiger partial charge in [-0.15, -0.1) is 0 Å². The van der Waals surface area contributed by atoms with E-state index in [1.165, 1.54) is 7.11 Å². The van der Waals surface area contributed by atoms with Gasteiger partial charge in [0, 0.05) is 12.6 Å². The Morgan fingerprint density at radius 3 is 2.56 bits per heavy atom. The van der Waals surface area contributed by atoms with Crippen LogP contribution in [0, 0.1) is 0 Å². The molecule has 0 aromatic carbocycles. The lowest BCUT2D eigenvalue weighted by Crippen LogP contribution is -2.54. The highest BCUT2D eigenvalue weighted by Crippen LogP contribution is 2.38. The predicted molar refractivity (Wildman–Crippen MR) is 74.1 cm³/mol. The number of carbonyl (C=O) groups excluding carboxylic acids is 1. The fourth-order valence-corrected chi connectivity index (χ4v) is 2.85. The van der Waals surface area contributed by atoms with Gasteiger partial charge >= 0.3 is 5.97 Å². The Morgan fingerprint density at radius 2 is 2.06 bits per heavy atom. The van der Waals surface area contributed by atoms with Gasteiger partial charge in [0.25, 0.3) is 0 Å². The molecule has 18 heavy (non-hydrogen) atoms. The minimum absolute atomic E-state index is 0.113. The molecule has 0 saturated carbocycles. The lowest BCUT2D eigenvalue weighted by atomic mass is 10.1. The molecule has 0 saturated heterocycles. The topological polar surface area (TPSA) is 59.9 Å². The Balaban J connectivity index is 2.81. The summed E-state index contributed by atoms with van der Waals surface area (Å²) >= 11 is 0. The highest BCUT2D eigenvalue weighted by molar-refractivity contribution is 6.74. The summed E-state index contributed by atoms with van der Waals surface area (Å²) in [7, 11) is -0.521. The average Bonchev–Trinajstić information content (AvgIpc) is 2.26. The van der Waals surface area contributed by atoms with Crippen molar-refractivity contribution in [2.75, 3.05) is 7.11 Å². The zero-order chi connectivity index (χ0) is 14.0. The third-order valence-electron chi connectivity index (χ3n) is 3.72. The first-order valence-corrected chi connectivity index (χ1v) is 9.12. The van der Waals surface area contributed by atoms with Crippen LogP contribution in [0.1, 0.15) is 27.2 Å². The molecular formula is C12H24N2O3Si. The molecule has 0 fully saturated rings. The fourth-order valence-electron chi connectivity index (χ4n) is 1.51. The first-order valence-electron chi connectivity index (χ1n) is 6.22. The Bertz CT molecular complexity index is 337. The first kappa shape index (κ1) is 15.2. The van der Waals surface area contributed by atoms with Crippen LogP contribution in [0.5, 0.6) is 0 Å². The van der Waals surface area contributed by atoms with Crippen LogP contribution in [0.25, 0.3) is 0 Å². The Morgan fingerprint density at radius 1 is 1.44 bits per heavy atom. The summed E-state index contributed by atoms with van der Waals surface area (Å²) in [5.74, 6) is -0.324. The number of nitrogens with zero attached hydrogens (tertiary/aromatic N) is 1. The Labute approximate surface area is 110 Å². The van der Waals surface area contributed by atoms with Crippen LogP contribution in [0.2, 0.25) is 18.1 Å². The van der Waals surface area contributed by atoms with E-state index in [-0.39, 0.29) is 17.1 Å². The molecule has 1 heterocycles. The van der Waals surface area contributed by atoms with Crippen molar-refractivity contribution in [1.29, 1.82) is 0 Å². The van der Waals surface area contributed by atoms with E-state index in [1.54, 1.807) is 6.21 Å². The van der Waals surface area contributed by atoms with Gasteiger partial charge in [0.2, 0.25) is 0 Å². The van der Waals surface area contributed by atoms with E-state index in [1.807, 2.05) is 0 Å². The summed E-state index contributed by atoms with van der Waals surface area (Å²) in [4.78, 5) is 11.7. The molecule has 1 aliphatic rings. The second-order valence-corrected chi connectivity index (χ2v) is 10.9. The zero-order valence-electron chi connectivity index (χ0n) is 12.1. The van der Waals surface area contributed by atoms with Crippen LogP contribution in [-0.2, 0) is 14.0 Å². The van der Waals surface area contributed by atoms with Crippen LogP contribution in [0.15, 0.2) is 5.10 Å². The normalized spacial score (nSPS) is 24.6. The van der Waals surface area contributed by atoms with E-state index >= 15 is 0 Å². The molecule has 0 aliphatic carbocycles. The number of nitrogens with one attached hydrogen (secondary N) is 1. The highest BCUT2D eigenvalue weighted by Gasteiger charge is 2.42. The van der Waals surface area contributed by atoms with Crippen molar-refractivity contribution in [2.45, 2.75) is 57.5 Å². The molecule has 6 heteroatoms. The second-order valence-electron chi connectivity index (χ2n) is 6.09. The van der Waals surface area contributed by atoms with Crippen LogP contribution in [0.4, 0.5) is 0 Å². The van der Waals surface area contributed by atoms with E-state index in [0.717, 1.165) is 0 Å². The van der Waals surface area contributed by atoms with Crippen LogP contribution in [0.3, 0.4) is 0 Å². The van der Waals surface area contributed by atoms with Crippen molar-refractivity contribution in [3.8, 4) is 0 Å². The molecule has 1 aliphatic heterocycles. The van der Waals surface area contributed by atoms with Crippen LogP contribution in [-0.4, -0.2) is 39.8 Å². The summed E-state index contributed by atoms with van der Waals surface area (Å²) in [5, 5.41) is 4.04. The van der Waals surface area contributed by atoms with Crippen LogP contribution < -0.4 is 5.43 Å². The number of ether oxygens (including phenoxy) is 1. The van der Waals surface area contributed by atoms with Gasteiger partial charge in [0.15, 0.2) is 14.4 Å². The van der Waals surface area contributed by atoms with E-state index < -0.39 is 14.4 Å². The minimum Gasteiger partial charge on any atom is -0.467 e. The lowest BCUT2D eigenvalue weighted by Gasteiger charge is -2.41. The largest absolute Gasteiger partial charge is 0.467 e. The number of carbonyl (C=O) groups is 1. The number of hydrazone groups is 1. The van der Waals surface area contributed by atoms with Gasteiger partial charge in [-0.3, -0.25) is 5.43 Å². The van der Waals surface area contributed by atoms with Crippen LogP contribution >= 0.6 is 0 Å². The van der Waals surface area contributed by atoms with Crippen molar-refractivity contribution in [1.82, 2.24) is 5.43 Å². The maximum absolute atomic E-state index is 11.7.